The van der Waals surface area contributed by atoms with Gasteiger partial charge in [0.2, 0.25) is 0 Å². The molecule has 0 aromatic heterocycles. The van der Waals surface area contributed by atoms with Gasteiger partial charge in [0.15, 0.2) is 0 Å². The van der Waals surface area contributed by atoms with Crippen molar-refractivity contribution in [3.63, 3.8) is 0 Å². The maximum atomic E-state index is 5.81. The Kier molecular flexibility index (Phi) is 2.37. The number of hydrogen-bond donors (Lipinski definition) is 0. The van der Waals surface area contributed by atoms with Crippen LogP contribution in [0.4, 0.5) is 5.69 Å². The largest absolute Gasteiger partial charge is 0.489 e. The summed E-state index contributed by atoms with van der Waals surface area (Å²) in [5.74, 6) is 1.07. The van der Waals surface area contributed by atoms with Gasteiger partial charge in [-0.3, -0.25) is 0 Å². The summed E-state index contributed by atoms with van der Waals surface area (Å²) in [5.41, 5.74) is 2.66. The molecule has 2 heteroatoms. The summed E-state index contributed by atoms with van der Waals surface area (Å²) in [6.45, 7) is 8.43. The van der Waals surface area contributed by atoms with Crippen LogP contribution in [0.1, 0.15) is 26.3 Å². The Labute approximate surface area is 91.9 Å². The van der Waals surface area contributed by atoms with Gasteiger partial charge >= 0.3 is 0 Å². The van der Waals surface area contributed by atoms with Crippen LogP contribution in [0, 0.1) is 0 Å². The molecule has 0 saturated heterocycles. The zero-order chi connectivity index (χ0) is 11.1. The van der Waals surface area contributed by atoms with E-state index in [2.05, 4.69) is 50.9 Å². The van der Waals surface area contributed by atoms with Gasteiger partial charge in [0.05, 0.1) is 12.2 Å². The van der Waals surface area contributed by atoms with Crippen molar-refractivity contribution in [3.8, 4) is 5.75 Å². The molecule has 0 aliphatic carbocycles. The van der Waals surface area contributed by atoms with E-state index >= 15 is 0 Å². The molecule has 1 heterocycles. The maximum absolute atomic E-state index is 5.81. The number of likely N-dealkylation sites (N-methyl/N-ethyl adjacent to an activating group) is 1. The number of hydrogen-bond acceptors (Lipinski definition) is 2. The number of para-hydroxylation sites is 1. The van der Waals surface area contributed by atoms with Crippen LogP contribution in [0.3, 0.4) is 0 Å². The van der Waals surface area contributed by atoms with Crippen LogP contribution in [0.5, 0.6) is 5.75 Å². The highest BCUT2D eigenvalue weighted by molar-refractivity contribution is 5.64. The molecule has 0 bridgehead atoms. The minimum Gasteiger partial charge on any atom is -0.489 e. The zero-order valence-corrected chi connectivity index (χ0v) is 10.0. The van der Waals surface area contributed by atoms with E-state index in [-0.39, 0.29) is 5.41 Å². The highest BCUT2D eigenvalue weighted by Gasteiger charge is 2.24. The van der Waals surface area contributed by atoms with Crippen molar-refractivity contribution < 1.29 is 4.74 Å². The summed E-state index contributed by atoms with van der Waals surface area (Å²) < 4.78 is 5.81. The van der Waals surface area contributed by atoms with Crippen molar-refractivity contribution in [1.29, 1.82) is 0 Å². The topological polar surface area (TPSA) is 12.5 Å². The molecule has 2 rings (SSSR count). The van der Waals surface area contributed by atoms with Crippen molar-refractivity contribution in [2.24, 2.45) is 0 Å². The van der Waals surface area contributed by atoms with E-state index in [4.69, 9.17) is 4.74 Å². The molecule has 82 valence electrons. The molecule has 1 aromatic carbocycles. The van der Waals surface area contributed by atoms with Crippen LogP contribution in [0.2, 0.25) is 0 Å². The lowest BCUT2D eigenvalue weighted by Gasteiger charge is -2.32. The lowest BCUT2D eigenvalue weighted by molar-refractivity contribution is 0.302. The third-order valence-electron chi connectivity index (χ3n) is 2.89. The lowest BCUT2D eigenvalue weighted by Crippen LogP contribution is -2.30. The van der Waals surface area contributed by atoms with Crippen molar-refractivity contribution >= 4 is 5.69 Å². The van der Waals surface area contributed by atoms with Gasteiger partial charge in [0.25, 0.3) is 0 Å². The second-order valence-electron chi connectivity index (χ2n) is 5.17. The molecular weight excluding hydrogens is 186 g/mol. The fourth-order valence-electron chi connectivity index (χ4n) is 1.97. The van der Waals surface area contributed by atoms with Crippen molar-refractivity contribution in [3.05, 3.63) is 23.8 Å². The first kappa shape index (κ1) is 10.3. The van der Waals surface area contributed by atoms with Crippen LogP contribution in [0.15, 0.2) is 18.2 Å². The third-order valence-corrected chi connectivity index (χ3v) is 2.89. The molecule has 0 unspecified atom stereocenters. The standard InChI is InChI=1S/C13H19NO/c1-13(2,3)10-6-5-7-11-12(10)15-9-8-14(11)4/h5-7H,8-9H2,1-4H3. The second kappa shape index (κ2) is 3.44. The SMILES string of the molecule is CN1CCOc2c1cccc2C(C)(C)C. The number of nitrogens with zero attached hydrogens (tertiary/aromatic N) is 1. The van der Waals surface area contributed by atoms with Gasteiger partial charge in [-0.2, -0.15) is 0 Å². The molecular formula is C13H19NO. The Hall–Kier alpha value is -1.18. The maximum Gasteiger partial charge on any atom is 0.146 e. The minimum atomic E-state index is 0.142. The van der Waals surface area contributed by atoms with Crippen LogP contribution >= 0.6 is 0 Å². The van der Waals surface area contributed by atoms with E-state index in [0.29, 0.717) is 0 Å². The van der Waals surface area contributed by atoms with Crippen LogP contribution < -0.4 is 9.64 Å². The first-order valence-electron chi connectivity index (χ1n) is 5.47. The monoisotopic (exact) mass is 205 g/mol. The van der Waals surface area contributed by atoms with Crippen molar-refractivity contribution in [2.75, 3.05) is 25.1 Å². The molecule has 0 radical (unpaired) electrons. The molecule has 0 spiro atoms. The zero-order valence-electron chi connectivity index (χ0n) is 10.0. The molecule has 1 aromatic rings. The van der Waals surface area contributed by atoms with Gasteiger partial charge in [-0.15, -0.1) is 0 Å². The first-order valence-corrected chi connectivity index (χ1v) is 5.47. The van der Waals surface area contributed by atoms with Gasteiger partial charge in [0, 0.05) is 12.6 Å². The van der Waals surface area contributed by atoms with E-state index in [1.165, 1.54) is 11.3 Å². The van der Waals surface area contributed by atoms with E-state index in [1.807, 2.05) is 0 Å². The molecule has 0 atom stereocenters. The van der Waals surface area contributed by atoms with Gasteiger partial charge in [-0.1, -0.05) is 32.9 Å². The van der Waals surface area contributed by atoms with Crippen LogP contribution in [-0.2, 0) is 5.41 Å². The normalized spacial score (nSPS) is 15.9. The number of fused-ring (bicyclic) bond motifs is 1. The summed E-state index contributed by atoms with van der Waals surface area (Å²) in [6, 6.07) is 6.41. The number of benzene rings is 1. The van der Waals surface area contributed by atoms with Gasteiger partial charge in [0.1, 0.15) is 12.4 Å². The van der Waals surface area contributed by atoms with Crippen LogP contribution in [0.25, 0.3) is 0 Å². The summed E-state index contributed by atoms with van der Waals surface area (Å²) in [5, 5.41) is 0. The Balaban J connectivity index is 2.54. The fourth-order valence-corrected chi connectivity index (χ4v) is 1.97. The average molecular weight is 205 g/mol. The summed E-state index contributed by atoms with van der Waals surface area (Å²) in [6.07, 6.45) is 0. The summed E-state index contributed by atoms with van der Waals surface area (Å²) in [4.78, 5) is 2.26. The molecule has 1 aliphatic rings. The Bertz CT molecular complexity index is 365. The molecule has 15 heavy (non-hydrogen) atoms. The molecule has 1 aliphatic heterocycles. The number of rotatable bonds is 0. The quantitative estimate of drug-likeness (QED) is 0.645. The molecule has 2 nitrogen and oxygen atoms in total. The second-order valence-corrected chi connectivity index (χ2v) is 5.17. The van der Waals surface area contributed by atoms with E-state index in [0.717, 1.165) is 18.9 Å². The predicted molar refractivity (Wildman–Crippen MR) is 63.9 cm³/mol. The average Bonchev–Trinajstić information content (AvgIpc) is 2.16. The fraction of sp³-hybridized carbons (Fsp3) is 0.538. The summed E-state index contributed by atoms with van der Waals surface area (Å²) in [7, 11) is 2.12. The lowest BCUT2D eigenvalue weighted by atomic mass is 9.85. The molecule has 0 N–H and O–H groups in total. The van der Waals surface area contributed by atoms with Gasteiger partial charge in [-0.25, -0.2) is 0 Å². The Morgan fingerprint density at radius 1 is 1.27 bits per heavy atom. The Morgan fingerprint density at radius 2 is 2.00 bits per heavy atom. The van der Waals surface area contributed by atoms with Crippen LogP contribution in [-0.4, -0.2) is 20.2 Å². The first-order chi connectivity index (χ1) is 7.00. The molecule has 0 amide bonds. The highest BCUT2D eigenvalue weighted by Crippen LogP contribution is 2.39. The number of ether oxygens (including phenoxy) is 1. The van der Waals surface area contributed by atoms with Crippen molar-refractivity contribution in [2.45, 2.75) is 26.2 Å². The van der Waals surface area contributed by atoms with E-state index < -0.39 is 0 Å². The third kappa shape index (κ3) is 1.81. The predicted octanol–water partition coefficient (Wildman–Crippen LogP) is 2.81. The number of anilines is 1. The molecule has 0 fully saturated rings. The minimum absolute atomic E-state index is 0.142. The van der Waals surface area contributed by atoms with Gasteiger partial charge < -0.3 is 9.64 Å². The summed E-state index contributed by atoms with van der Waals surface area (Å²) >= 11 is 0. The molecule has 0 saturated carbocycles. The van der Waals surface area contributed by atoms with Gasteiger partial charge in [-0.05, 0) is 11.5 Å². The smallest absolute Gasteiger partial charge is 0.146 e. The van der Waals surface area contributed by atoms with Crippen molar-refractivity contribution in [1.82, 2.24) is 0 Å². The van der Waals surface area contributed by atoms with E-state index in [9.17, 15) is 0 Å². The Morgan fingerprint density at radius 3 is 2.67 bits per heavy atom. The van der Waals surface area contributed by atoms with E-state index in [1.54, 1.807) is 0 Å². The highest BCUT2D eigenvalue weighted by atomic mass is 16.5.